The van der Waals surface area contributed by atoms with Gasteiger partial charge in [-0.15, -0.1) is 11.8 Å². The molecule has 2 rings (SSSR count). The second kappa shape index (κ2) is 4.58. The molecule has 0 unspecified atom stereocenters. The molecule has 0 aromatic heterocycles. The van der Waals surface area contributed by atoms with Crippen LogP contribution in [-0.2, 0) is 5.41 Å². The maximum absolute atomic E-state index is 3.33. The molecule has 82 valence electrons. The van der Waals surface area contributed by atoms with Gasteiger partial charge in [0.15, 0.2) is 0 Å². The van der Waals surface area contributed by atoms with Gasteiger partial charge in [0.25, 0.3) is 0 Å². The summed E-state index contributed by atoms with van der Waals surface area (Å²) in [5.74, 6) is 1.16. The highest BCUT2D eigenvalue weighted by molar-refractivity contribution is 7.99. The maximum Gasteiger partial charge on any atom is 0.0110 e. The molecule has 1 aromatic carbocycles. The molecule has 0 aliphatic heterocycles. The molecule has 0 spiro atoms. The molecule has 0 radical (unpaired) electrons. The van der Waals surface area contributed by atoms with Gasteiger partial charge in [-0.25, -0.2) is 0 Å². The molecule has 1 aliphatic carbocycles. The summed E-state index contributed by atoms with van der Waals surface area (Å²) in [7, 11) is 2.05. The minimum absolute atomic E-state index is 0.452. The molecule has 1 fully saturated rings. The van der Waals surface area contributed by atoms with Crippen LogP contribution in [0, 0.1) is 0 Å². The first-order chi connectivity index (χ1) is 7.32. The van der Waals surface area contributed by atoms with Gasteiger partial charge in [-0.2, -0.15) is 0 Å². The van der Waals surface area contributed by atoms with E-state index in [-0.39, 0.29) is 0 Å². The normalized spacial score (nSPS) is 17.7. The lowest BCUT2D eigenvalue weighted by atomic mass is 9.96. The predicted molar refractivity (Wildman–Crippen MR) is 67.7 cm³/mol. The average Bonchev–Trinajstić information content (AvgIpc) is 3.01. The fourth-order valence-electron chi connectivity index (χ4n) is 2.22. The first kappa shape index (κ1) is 11.0. The van der Waals surface area contributed by atoms with E-state index in [2.05, 4.69) is 43.6 Å². The molecule has 1 nitrogen and oxygen atoms in total. The zero-order chi connectivity index (χ0) is 10.7. The lowest BCUT2D eigenvalue weighted by molar-refractivity contribution is 0.615. The van der Waals surface area contributed by atoms with E-state index in [0.717, 1.165) is 12.3 Å². The van der Waals surface area contributed by atoms with E-state index in [1.165, 1.54) is 17.7 Å². The van der Waals surface area contributed by atoms with Gasteiger partial charge >= 0.3 is 0 Å². The third-order valence-corrected chi connectivity index (χ3v) is 4.08. The second-order valence-electron chi connectivity index (χ2n) is 4.24. The van der Waals surface area contributed by atoms with Crippen LogP contribution in [0.15, 0.2) is 29.2 Å². The summed E-state index contributed by atoms with van der Waals surface area (Å²) in [5.41, 5.74) is 2.01. The maximum atomic E-state index is 3.33. The van der Waals surface area contributed by atoms with Crippen LogP contribution in [-0.4, -0.2) is 19.3 Å². The van der Waals surface area contributed by atoms with Crippen LogP contribution < -0.4 is 5.32 Å². The third-order valence-electron chi connectivity index (χ3n) is 3.13. The standard InChI is InChI=1S/C13H19NS/c1-3-15-12-7-5-4-6-11(12)13(8-9-13)10-14-2/h4-7,14H,3,8-10H2,1-2H3. The van der Waals surface area contributed by atoms with Gasteiger partial charge in [-0.05, 0) is 37.3 Å². The molecule has 1 aliphatic rings. The van der Waals surface area contributed by atoms with Gasteiger partial charge in [0.2, 0.25) is 0 Å². The minimum atomic E-state index is 0.452. The largest absolute Gasteiger partial charge is 0.319 e. The summed E-state index contributed by atoms with van der Waals surface area (Å²) in [4.78, 5) is 1.48. The first-order valence-corrected chi connectivity index (χ1v) is 6.68. The zero-order valence-corrected chi connectivity index (χ0v) is 10.4. The summed E-state index contributed by atoms with van der Waals surface area (Å²) < 4.78 is 0. The minimum Gasteiger partial charge on any atom is -0.319 e. The molecule has 0 saturated heterocycles. The van der Waals surface area contributed by atoms with Crippen LogP contribution in [0.5, 0.6) is 0 Å². The number of likely N-dealkylation sites (N-methyl/N-ethyl adjacent to an activating group) is 1. The van der Waals surface area contributed by atoms with E-state index >= 15 is 0 Å². The molecular formula is C13H19NS. The van der Waals surface area contributed by atoms with E-state index in [0.29, 0.717) is 5.41 Å². The molecule has 1 saturated carbocycles. The Kier molecular flexibility index (Phi) is 3.37. The van der Waals surface area contributed by atoms with E-state index in [4.69, 9.17) is 0 Å². The van der Waals surface area contributed by atoms with Crippen molar-refractivity contribution in [3.05, 3.63) is 29.8 Å². The van der Waals surface area contributed by atoms with Crippen molar-refractivity contribution in [2.24, 2.45) is 0 Å². The van der Waals surface area contributed by atoms with Crippen molar-refractivity contribution >= 4 is 11.8 Å². The summed E-state index contributed by atoms with van der Waals surface area (Å²) in [6.45, 7) is 3.34. The lowest BCUT2D eigenvalue weighted by Crippen LogP contribution is -2.24. The van der Waals surface area contributed by atoms with Crippen LogP contribution in [0.25, 0.3) is 0 Å². The highest BCUT2D eigenvalue weighted by Crippen LogP contribution is 2.50. The fourth-order valence-corrected chi connectivity index (χ4v) is 3.14. The Balaban J connectivity index is 2.26. The molecule has 0 atom stereocenters. The van der Waals surface area contributed by atoms with Crippen molar-refractivity contribution in [3.8, 4) is 0 Å². The Bertz CT molecular complexity index is 331. The van der Waals surface area contributed by atoms with Crippen LogP contribution in [0.4, 0.5) is 0 Å². The zero-order valence-electron chi connectivity index (χ0n) is 9.55. The van der Waals surface area contributed by atoms with Gasteiger partial charge in [-0.3, -0.25) is 0 Å². The van der Waals surface area contributed by atoms with Crippen molar-refractivity contribution in [1.82, 2.24) is 5.32 Å². The van der Waals surface area contributed by atoms with Crippen molar-refractivity contribution in [2.75, 3.05) is 19.3 Å². The topological polar surface area (TPSA) is 12.0 Å². The number of benzene rings is 1. The SMILES string of the molecule is CCSc1ccccc1C1(CNC)CC1. The van der Waals surface area contributed by atoms with Crippen LogP contribution in [0.2, 0.25) is 0 Å². The van der Waals surface area contributed by atoms with E-state index in [1.54, 1.807) is 5.56 Å². The quantitative estimate of drug-likeness (QED) is 0.767. The molecule has 15 heavy (non-hydrogen) atoms. The Morgan fingerprint density at radius 1 is 1.33 bits per heavy atom. The van der Waals surface area contributed by atoms with Crippen molar-refractivity contribution < 1.29 is 0 Å². The number of rotatable bonds is 5. The summed E-state index contributed by atoms with van der Waals surface area (Å²) in [6.07, 6.45) is 2.68. The lowest BCUT2D eigenvalue weighted by Gasteiger charge is -2.18. The monoisotopic (exact) mass is 221 g/mol. The molecular weight excluding hydrogens is 202 g/mol. The molecule has 1 N–H and O–H groups in total. The highest BCUT2D eigenvalue weighted by atomic mass is 32.2. The number of nitrogens with one attached hydrogen (secondary N) is 1. The summed E-state index contributed by atoms with van der Waals surface area (Å²) in [6, 6.07) is 8.89. The molecule has 1 aromatic rings. The molecule has 0 heterocycles. The first-order valence-electron chi connectivity index (χ1n) is 5.69. The van der Waals surface area contributed by atoms with E-state index in [9.17, 15) is 0 Å². The number of hydrogen-bond donors (Lipinski definition) is 1. The fraction of sp³-hybridized carbons (Fsp3) is 0.538. The number of thioether (sulfide) groups is 1. The van der Waals surface area contributed by atoms with Crippen molar-refractivity contribution in [2.45, 2.75) is 30.1 Å². The van der Waals surface area contributed by atoms with Crippen LogP contribution >= 0.6 is 11.8 Å². The Hall–Kier alpha value is -0.470. The van der Waals surface area contributed by atoms with E-state index in [1.807, 2.05) is 11.8 Å². The van der Waals surface area contributed by atoms with E-state index < -0.39 is 0 Å². The second-order valence-corrected chi connectivity index (χ2v) is 5.55. The van der Waals surface area contributed by atoms with Gasteiger partial charge in [0.05, 0.1) is 0 Å². The van der Waals surface area contributed by atoms with Gasteiger partial charge < -0.3 is 5.32 Å². The summed E-state index contributed by atoms with van der Waals surface area (Å²) in [5, 5.41) is 3.33. The summed E-state index contributed by atoms with van der Waals surface area (Å²) >= 11 is 1.97. The van der Waals surface area contributed by atoms with Gasteiger partial charge in [-0.1, -0.05) is 25.1 Å². The van der Waals surface area contributed by atoms with Gasteiger partial charge in [0.1, 0.15) is 0 Å². The van der Waals surface area contributed by atoms with Crippen molar-refractivity contribution in [3.63, 3.8) is 0 Å². The van der Waals surface area contributed by atoms with Crippen LogP contribution in [0.1, 0.15) is 25.3 Å². The molecule has 2 heteroatoms. The highest BCUT2D eigenvalue weighted by Gasteiger charge is 2.44. The van der Waals surface area contributed by atoms with Crippen LogP contribution in [0.3, 0.4) is 0 Å². The average molecular weight is 221 g/mol. The number of hydrogen-bond acceptors (Lipinski definition) is 2. The van der Waals surface area contributed by atoms with Gasteiger partial charge in [0, 0.05) is 16.9 Å². The Morgan fingerprint density at radius 2 is 2.07 bits per heavy atom. The third kappa shape index (κ3) is 2.21. The molecule has 0 bridgehead atoms. The predicted octanol–water partition coefficient (Wildman–Crippen LogP) is 3.05. The Labute approximate surface area is 96.7 Å². The Morgan fingerprint density at radius 3 is 2.67 bits per heavy atom. The molecule has 0 amide bonds. The van der Waals surface area contributed by atoms with Crippen molar-refractivity contribution in [1.29, 1.82) is 0 Å². The smallest absolute Gasteiger partial charge is 0.0110 e.